The molecule has 2 rings (SSSR count). The van der Waals surface area contributed by atoms with E-state index in [2.05, 4.69) is 27.3 Å². The number of halogens is 1. The van der Waals surface area contributed by atoms with Gasteiger partial charge in [-0.2, -0.15) is 0 Å². The van der Waals surface area contributed by atoms with E-state index < -0.39 is 0 Å². The van der Waals surface area contributed by atoms with Crippen LogP contribution in [0.1, 0.15) is 37.7 Å². The summed E-state index contributed by atoms with van der Waals surface area (Å²) in [6.45, 7) is 0. The van der Waals surface area contributed by atoms with Crippen LogP contribution in [0, 0.1) is 0 Å². The van der Waals surface area contributed by atoms with E-state index in [0.29, 0.717) is 6.10 Å². The zero-order valence-electron chi connectivity index (χ0n) is 9.16. The molecular weight excluding hydrogens is 266 g/mol. The highest BCUT2D eigenvalue weighted by Gasteiger charge is 2.13. The predicted octanol–water partition coefficient (Wildman–Crippen LogP) is 4.01. The van der Waals surface area contributed by atoms with Gasteiger partial charge in [0.05, 0.1) is 0 Å². The average molecular weight is 281 g/mol. The summed E-state index contributed by atoms with van der Waals surface area (Å²) in [7, 11) is 0. The van der Waals surface area contributed by atoms with Gasteiger partial charge >= 0.3 is 0 Å². The van der Waals surface area contributed by atoms with Crippen molar-refractivity contribution in [2.45, 2.75) is 38.2 Å². The van der Waals surface area contributed by atoms with Gasteiger partial charge in [-0.1, -0.05) is 39.6 Å². The molecule has 0 unspecified atom stereocenters. The Kier molecular flexibility index (Phi) is 4.40. The molecule has 0 atom stereocenters. The fraction of sp³-hybridized carbons (Fsp3) is 0.462. The van der Waals surface area contributed by atoms with Crippen molar-refractivity contribution in [3.63, 3.8) is 0 Å². The molecule has 2 nitrogen and oxygen atoms in total. The quantitative estimate of drug-likeness (QED) is 0.606. The van der Waals surface area contributed by atoms with Crippen molar-refractivity contribution < 1.29 is 4.84 Å². The lowest BCUT2D eigenvalue weighted by Crippen LogP contribution is -2.13. The van der Waals surface area contributed by atoms with Gasteiger partial charge in [0.25, 0.3) is 0 Å². The topological polar surface area (TPSA) is 21.6 Å². The van der Waals surface area contributed by atoms with E-state index in [4.69, 9.17) is 4.84 Å². The second-order valence-corrected chi connectivity index (χ2v) is 4.99. The van der Waals surface area contributed by atoms with Gasteiger partial charge in [0.1, 0.15) is 12.3 Å². The molecule has 85 valence electrons. The van der Waals surface area contributed by atoms with Gasteiger partial charge < -0.3 is 4.84 Å². The van der Waals surface area contributed by atoms with E-state index in [9.17, 15) is 0 Å². The highest BCUT2D eigenvalue weighted by molar-refractivity contribution is 9.10. The monoisotopic (exact) mass is 280 g/mol. The minimum Gasteiger partial charge on any atom is -0.392 e. The standard InChI is InChI=1S/C13H15BrNO/c14-12-8-6-11(7-9-12)10-15-16-13-4-2-1-3-5-13/h6-9,13H,1-5H2. The van der Waals surface area contributed by atoms with E-state index in [1.54, 1.807) is 0 Å². The first-order valence-corrected chi connectivity index (χ1v) is 6.51. The highest BCUT2D eigenvalue weighted by atomic mass is 79.9. The van der Waals surface area contributed by atoms with E-state index in [-0.39, 0.29) is 0 Å². The molecule has 1 aliphatic carbocycles. The Balaban J connectivity index is 1.82. The molecule has 1 radical (unpaired) electrons. The summed E-state index contributed by atoms with van der Waals surface area (Å²) in [6, 6.07) is 7.85. The van der Waals surface area contributed by atoms with Crippen molar-refractivity contribution >= 4 is 22.1 Å². The molecule has 0 aliphatic heterocycles. The van der Waals surface area contributed by atoms with Crippen molar-refractivity contribution in [3.05, 3.63) is 34.3 Å². The van der Waals surface area contributed by atoms with Crippen LogP contribution in [0.15, 0.2) is 33.9 Å². The van der Waals surface area contributed by atoms with E-state index in [0.717, 1.165) is 22.9 Å². The van der Waals surface area contributed by atoms with Crippen molar-refractivity contribution in [3.8, 4) is 0 Å². The summed E-state index contributed by atoms with van der Waals surface area (Å²) in [4.78, 5) is 5.42. The minimum atomic E-state index is 0.302. The average Bonchev–Trinajstić information content (AvgIpc) is 2.33. The number of benzene rings is 1. The minimum absolute atomic E-state index is 0.302. The van der Waals surface area contributed by atoms with Crippen LogP contribution >= 0.6 is 15.9 Å². The second kappa shape index (κ2) is 6.04. The lowest BCUT2D eigenvalue weighted by atomic mass is 9.98. The normalized spacial score (nSPS) is 17.8. The van der Waals surface area contributed by atoms with Crippen molar-refractivity contribution in [2.24, 2.45) is 5.16 Å². The largest absolute Gasteiger partial charge is 0.392 e. The molecule has 1 aromatic carbocycles. The van der Waals surface area contributed by atoms with Crippen LogP contribution in [0.4, 0.5) is 0 Å². The van der Waals surface area contributed by atoms with E-state index >= 15 is 0 Å². The third-order valence-electron chi connectivity index (χ3n) is 2.77. The van der Waals surface area contributed by atoms with Crippen LogP contribution in [-0.4, -0.2) is 12.3 Å². The first kappa shape index (κ1) is 11.6. The van der Waals surface area contributed by atoms with Crippen LogP contribution in [0.3, 0.4) is 0 Å². The maximum absolute atomic E-state index is 5.42. The Morgan fingerprint density at radius 3 is 2.50 bits per heavy atom. The maximum Gasteiger partial charge on any atom is 0.139 e. The Labute approximate surface area is 105 Å². The van der Waals surface area contributed by atoms with E-state index in [1.807, 2.05) is 24.3 Å². The zero-order valence-corrected chi connectivity index (χ0v) is 10.7. The Morgan fingerprint density at radius 1 is 1.12 bits per heavy atom. The molecular formula is C13H15BrNO. The van der Waals surface area contributed by atoms with Gasteiger partial charge in [-0.15, -0.1) is 0 Å². The lowest BCUT2D eigenvalue weighted by Gasteiger charge is -2.18. The number of hydrogen-bond donors (Lipinski definition) is 0. The molecule has 0 bridgehead atoms. The van der Waals surface area contributed by atoms with Crippen molar-refractivity contribution in [2.75, 3.05) is 0 Å². The van der Waals surface area contributed by atoms with Crippen molar-refractivity contribution in [1.82, 2.24) is 0 Å². The Hall–Kier alpha value is -0.830. The van der Waals surface area contributed by atoms with Gasteiger partial charge in [0.15, 0.2) is 0 Å². The SMILES string of the molecule is Brc1ccc(/[C]=N/OC2CCCCC2)cc1. The van der Waals surface area contributed by atoms with Crippen LogP contribution in [0.5, 0.6) is 0 Å². The number of rotatable bonds is 3. The second-order valence-electron chi connectivity index (χ2n) is 4.08. The van der Waals surface area contributed by atoms with Gasteiger partial charge in [-0.05, 0) is 37.8 Å². The zero-order chi connectivity index (χ0) is 11.2. The molecule has 0 N–H and O–H groups in total. The number of nitrogens with zero attached hydrogens (tertiary/aromatic N) is 1. The van der Waals surface area contributed by atoms with Gasteiger partial charge in [-0.3, -0.25) is 0 Å². The first-order chi connectivity index (χ1) is 7.84. The molecule has 3 heteroatoms. The predicted molar refractivity (Wildman–Crippen MR) is 68.6 cm³/mol. The molecule has 0 saturated heterocycles. The van der Waals surface area contributed by atoms with Gasteiger partial charge in [0, 0.05) is 10.0 Å². The summed E-state index contributed by atoms with van der Waals surface area (Å²) in [5.74, 6) is 0. The molecule has 1 aromatic rings. The first-order valence-electron chi connectivity index (χ1n) is 5.72. The van der Waals surface area contributed by atoms with Crippen LogP contribution in [-0.2, 0) is 4.84 Å². The molecule has 0 heterocycles. The molecule has 0 aromatic heterocycles. The summed E-state index contributed by atoms with van der Waals surface area (Å²) in [6.07, 6.45) is 9.32. The Morgan fingerprint density at radius 2 is 1.81 bits per heavy atom. The summed E-state index contributed by atoms with van der Waals surface area (Å²) < 4.78 is 1.06. The third kappa shape index (κ3) is 3.63. The van der Waals surface area contributed by atoms with Crippen LogP contribution in [0.25, 0.3) is 0 Å². The summed E-state index contributed by atoms with van der Waals surface area (Å²) in [5, 5.41) is 3.93. The Bertz CT molecular complexity index is 341. The molecule has 0 spiro atoms. The fourth-order valence-electron chi connectivity index (χ4n) is 1.85. The lowest BCUT2D eigenvalue weighted by molar-refractivity contribution is 0.0340. The van der Waals surface area contributed by atoms with Crippen molar-refractivity contribution in [1.29, 1.82) is 0 Å². The maximum atomic E-state index is 5.42. The van der Waals surface area contributed by atoms with Crippen LogP contribution < -0.4 is 0 Å². The molecule has 1 saturated carbocycles. The summed E-state index contributed by atoms with van der Waals surface area (Å²) in [5.41, 5.74) is 0.944. The van der Waals surface area contributed by atoms with Gasteiger partial charge in [-0.25, -0.2) is 0 Å². The third-order valence-corrected chi connectivity index (χ3v) is 3.30. The fourth-order valence-corrected chi connectivity index (χ4v) is 2.11. The molecule has 0 amide bonds. The van der Waals surface area contributed by atoms with Crippen LogP contribution in [0.2, 0.25) is 0 Å². The molecule has 1 fully saturated rings. The summed E-state index contributed by atoms with van der Waals surface area (Å²) >= 11 is 3.39. The van der Waals surface area contributed by atoms with Gasteiger partial charge in [0.2, 0.25) is 0 Å². The van der Waals surface area contributed by atoms with E-state index in [1.165, 1.54) is 19.3 Å². The smallest absolute Gasteiger partial charge is 0.139 e. The molecule has 16 heavy (non-hydrogen) atoms. The molecule has 1 aliphatic rings. The number of hydrogen-bond acceptors (Lipinski definition) is 2. The highest BCUT2D eigenvalue weighted by Crippen LogP contribution is 2.20.